The van der Waals surface area contributed by atoms with E-state index in [4.69, 9.17) is 4.74 Å². The van der Waals surface area contributed by atoms with Gasteiger partial charge in [-0.3, -0.25) is 4.57 Å². The van der Waals surface area contributed by atoms with Crippen molar-refractivity contribution in [2.75, 3.05) is 0 Å². The van der Waals surface area contributed by atoms with Gasteiger partial charge in [0.25, 0.3) is 0 Å². The molecule has 0 fully saturated rings. The number of para-hydroxylation sites is 1. The standard InChI is InChI=1S/C15H16F3NO2/c1-9-8-19(13(20)21-14(2,3)4)12-10(9)6-5-7-11(12)15(16,17)18/h5-8H,1-4H3. The Morgan fingerprint density at radius 1 is 1.19 bits per heavy atom. The summed E-state index contributed by atoms with van der Waals surface area (Å²) in [5.41, 5.74) is -1.22. The average Bonchev–Trinajstić information content (AvgIpc) is 2.64. The van der Waals surface area contributed by atoms with Crippen molar-refractivity contribution in [1.29, 1.82) is 0 Å². The van der Waals surface area contributed by atoms with Crippen molar-refractivity contribution in [2.24, 2.45) is 0 Å². The zero-order valence-corrected chi connectivity index (χ0v) is 12.2. The molecule has 2 aromatic rings. The molecule has 114 valence electrons. The highest BCUT2D eigenvalue weighted by Gasteiger charge is 2.35. The maximum atomic E-state index is 13.1. The number of rotatable bonds is 0. The summed E-state index contributed by atoms with van der Waals surface area (Å²) in [7, 11) is 0. The van der Waals surface area contributed by atoms with Crippen molar-refractivity contribution in [3.63, 3.8) is 0 Å². The van der Waals surface area contributed by atoms with Crippen LogP contribution in [0.5, 0.6) is 0 Å². The van der Waals surface area contributed by atoms with Gasteiger partial charge in [0.05, 0.1) is 11.1 Å². The first kappa shape index (κ1) is 15.4. The molecule has 1 aromatic heterocycles. The summed E-state index contributed by atoms with van der Waals surface area (Å²) < 4.78 is 45.5. The highest BCUT2D eigenvalue weighted by atomic mass is 19.4. The van der Waals surface area contributed by atoms with Crippen molar-refractivity contribution in [3.8, 4) is 0 Å². The maximum Gasteiger partial charge on any atom is 0.419 e. The van der Waals surface area contributed by atoms with Crippen LogP contribution in [0.2, 0.25) is 0 Å². The van der Waals surface area contributed by atoms with Crippen LogP contribution < -0.4 is 0 Å². The molecule has 0 bridgehead atoms. The van der Waals surface area contributed by atoms with Crippen LogP contribution in [0.1, 0.15) is 31.9 Å². The molecular formula is C15H16F3NO2. The normalized spacial score (nSPS) is 12.7. The molecule has 1 aromatic carbocycles. The third-order valence-electron chi connectivity index (χ3n) is 2.92. The molecule has 0 amide bonds. The second-order valence-electron chi connectivity index (χ2n) is 5.86. The van der Waals surface area contributed by atoms with Gasteiger partial charge in [-0.2, -0.15) is 13.2 Å². The zero-order chi connectivity index (χ0) is 16.0. The Kier molecular flexibility index (Phi) is 3.51. The molecule has 0 spiro atoms. The molecule has 0 saturated carbocycles. The molecule has 0 radical (unpaired) electrons. The van der Waals surface area contributed by atoms with E-state index < -0.39 is 23.4 Å². The van der Waals surface area contributed by atoms with Gasteiger partial charge in [0.1, 0.15) is 5.60 Å². The molecule has 0 aliphatic heterocycles. The number of fused-ring (bicyclic) bond motifs is 1. The third-order valence-corrected chi connectivity index (χ3v) is 2.92. The minimum atomic E-state index is -4.54. The number of ether oxygens (including phenoxy) is 1. The Morgan fingerprint density at radius 3 is 2.33 bits per heavy atom. The lowest BCUT2D eigenvalue weighted by atomic mass is 10.1. The van der Waals surface area contributed by atoms with Crippen molar-refractivity contribution < 1.29 is 22.7 Å². The van der Waals surface area contributed by atoms with E-state index in [2.05, 4.69) is 0 Å². The minimum absolute atomic E-state index is 0.170. The van der Waals surface area contributed by atoms with Gasteiger partial charge in [-0.05, 0) is 39.3 Å². The Labute approximate surface area is 120 Å². The quantitative estimate of drug-likeness (QED) is 0.703. The monoisotopic (exact) mass is 299 g/mol. The van der Waals surface area contributed by atoms with Gasteiger partial charge in [-0.15, -0.1) is 0 Å². The van der Waals surface area contributed by atoms with Crippen LogP contribution >= 0.6 is 0 Å². The third kappa shape index (κ3) is 3.04. The Bertz CT molecular complexity index is 693. The van der Waals surface area contributed by atoms with Gasteiger partial charge in [0.2, 0.25) is 0 Å². The molecule has 0 atom stereocenters. The summed E-state index contributed by atoms with van der Waals surface area (Å²) in [6, 6.07) is 3.85. The molecule has 6 heteroatoms. The number of halogens is 3. The van der Waals surface area contributed by atoms with Gasteiger partial charge in [-0.25, -0.2) is 4.79 Å². The topological polar surface area (TPSA) is 31.2 Å². The van der Waals surface area contributed by atoms with E-state index in [9.17, 15) is 18.0 Å². The largest absolute Gasteiger partial charge is 0.443 e. The smallest absolute Gasteiger partial charge is 0.419 e. The second-order valence-corrected chi connectivity index (χ2v) is 5.86. The number of carbonyl (C=O) groups is 1. The average molecular weight is 299 g/mol. The molecule has 0 N–H and O–H groups in total. The summed E-state index contributed by atoms with van der Waals surface area (Å²) in [6.07, 6.45) is -3.99. The lowest BCUT2D eigenvalue weighted by molar-refractivity contribution is -0.136. The number of hydrogen-bond donors (Lipinski definition) is 0. The Balaban J connectivity index is 2.68. The number of aromatic nitrogens is 1. The minimum Gasteiger partial charge on any atom is -0.443 e. The molecule has 0 aliphatic rings. The number of aryl methyl sites for hydroxylation is 1. The van der Waals surface area contributed by atoms with Gasteiger partial charge in [0, 0.05) is 11.6 Å². The van der Waals surface area contributed by atoms with Crippen molar-refractivity contribution in [3.05, 3.63) is 35.5 Å². The first-order valence-corrected chi connectivity index (χ1v) is 6.42. The fraction of sp³-hybridized carbons (Fsp3) is 0.400. The molecule has 0 saturated heterocycles. The first-order chi connectivity index (χ1) is 9.50. The number of carbonyl (C=O) groups excluding carboxylic acids is 1. The molecule has 3 nitrogen and oxygen atoms in total. The van der Waals surface area contributed by atoms with Gasteiger partial charge >= 0.3 is 12.3 Å². The SMILES string of the molecule is Cc1cn(C(=O)OC(C)(C)C)c2c(C(F)(F)F)cccc12. The van der Waals surface area contributed by atoms with E-state index in [0.29, 0.717) is 10.9 Å². The predicted molar refractivity (Wildman–Crippen MR) is 73.3 cm³/mol. The first-order valence-electron chi connectivity index (χ1n) is 6.42. The van der Waals surface area contributed by atoms with Crippen LogP contribution in [0, 0.1) is 6.92 Å². The maximum absolute atomic E-state index is 13.1. The zero-order valence-electron chi connectivity index (χ0n) is 12.2. The molecule has 2 rings (SSSR count). The van der Waals surface area contributed by atoms with Gasteiger partial charge < -0.3 is 4.74 Å². The van der Waals surface area contributed by atoms with Crippen LogP contribution in [0.4, 0.5) is 18.0 Å². The van der Waals surface area contributed by atoms with Crippen LogP contribution in [0.15, 0.2) is 24.4 Å². The Hall–Kier alpha value is -1.98. The molecule has 1 heterocycles. The lowest BCUT2D eigenvalue weighted by Crippen LogP contribution is -2.27. The van der Waals surface area contributed by atoms with Crippen molar-refractivity contribution in [1.82, 2.24) is 4.57 Å². The number of nitrogens with zero attached hydrogens (tertiary/aromatic N) is 1. The van der Waals surface area contributed by atoms with E-state index in [1.165, 1.54) is 12.3 Å². The van der Waals surface area contributed by atoms with Crippen molar-refractivity contribution >= 4 is 17.0 Å². The van der Waals surface area contributed by atoms with Crippen LogP contribution in [0.3, 0.4) is 0 Å². The van der Waals surface area contributed by atoms with Crippen LogP contribution in [0.25, 0.3) is 10.9 Å². The fourth-order valence-electron chi connectivity index (χ4n) is 2.13. The van der Waals surface area contributed by atoms with E-state index in [1.54, 1.807) is 33.8 Å². The van der Waals surface area contributed by atoms with E-state index in [0.717, 1.165) is 10.6 Å². The summed E-state index contributed by atoms with van der Waals surface area (Å²) in [4.78, 5) is 12.1. The summed E-state index contributed by atoms with van der Waals surface area (Å²) in [5.74, 6) is 0. The molecular weight excluding hydrogens is 283 g/mol. The number of alkyl halides is 3. The molecule has 0 aliphatic carbocycles. The van der Waals surface area contributed by atoms with Crippen LogP contribution in [-0.2, 0) is 10.9 Å². The number of hydrogen-bond acceptors (Lipinski definition) is 2. The van der Waals surface area contributed by atoms with Crippen molar-refractivity contribution in [2.45, 2.75) is 39.5 Å². The van der Waals surface area contributed by atoms with Crippen LogP contribution in [-0.4, -0.2) is 16.3 Å². The second kappa shape index (κ2) is 4.79. The predicted octanol–water partition coefficient (Wildman–Crippen LogP) is 4.75. The lowest BCUT2D eigenvalue weighted by Gasteiger charge is -2.20. The van der Waals surface area contributed by atoms with E-state index in [1.807, 2.05) is 0 Å². The molecule has 0 unspecified atom stereocenters. The Morgan fingerprint density at radius 2 is 1.81 bits per heavy atom. The summed E-state index contributed by atoms with van der Waals surface area (Å²) in [5, 5.41) is 0.385. The highest BCUT2D eigenvalue weighted by molar-refractivity contribution is 5.94. The number of benzene rings is 1. The molecule has 21 heavy (non-hydrogen) atoms. The summed E-state index contributed by atoms with van der Waals surface area (Å²) >= 11 is 0. The van der Waals surface area contributed by atoms with Gasteiger partial charge in [-0.1, -0.05) is 12.1 Å². The fourth-order valence-corrected chi connectivity index (χ4v) is 2.13. The highest BCUT2D eigenvalue weighted by Crippen LogP contribution is 2.36. The van der Waals surface area contributed by atoms with Gasteiger partial charge in [0.15, 0.2) is 0 Å². The van der Waals surface area contributed by atoms with E-state index in [-0.39, 0.29) is 5.52 Å². The van der Waals surface area contributed by atoms with E-state index >= 15 is 0 Å². The summed E-state index contributed by atoms with van der Waals surface area (Å²) in [6.45, 7) is 6.64.